The highest BCUT2D eigenvalue weighted by atomic mass is 16.4. The summed E-state index contributed by atoms with van der Waals surface area (Å²) in [5.74, 6) is -1.15. The number of hydrogen-bond acceptors (Lipinski definition) is 4. The van der Waals surface area contributed by atoms with Gasteiger partial charge in [0.2, 0.25) is 5.91 Å². The third kappa shape index (κ3) is 6.62. The Balaban J connectivity index is 2.24. The van der Waals surface area contributed by atoms with Crippen molar-refractivity contribution in [1.82, 2.24) is 0 Å². The molecule has 7 heteroatoms. The van der Waals surface area contributed by atoms with Crippen molar-refractivity contribution in [2.45, 2.75) is 52.0 Å². The summed E-state index contributed by atoms with van der Waals surface area (Å²) in [5.41, 5.74) is 8.73. The summed E-state index contributed by atoms with van der Waals surface area (Å²) in [4.78, 5) is 24.2. The number of carbonyl (C=O) groups excluding carboxylic acids is 1. The van der Waals surface area contributed by atoms with E-state index in [9.17, 15) is 14.7 Å². The Bertz CT molecular complexity index is 894. The first-order valence-electron chi connectivity index (χ1n) is 10.2. The zero-order valence-corrected chi connectivity index (χ0v) is 17.5. The molecule has 1 unspecified atom stereocenters. The van der Waals surface area contributed by atoms with E-state index in [1.54, 1.807) is 30.3 Å². The fourth-order valence-electron chi connectivity index (χ4n) is 3.12. The van der Waals surface area contributed by atoms with Crippen LogP contribution in [0.25, 0.3) is 0 Å². The molecule has 0 radical (unpaired) electrons. The van der Waals surface area contributed by atoms with Crippen molar-refractivity contribution in [2.75, 3.05) is 10.6 Å². The Morgan fingerprint density at radius 2 is 1.77 bits per heavy atom. The minimum atomic E-state index is -1.03. The molecule has 0 saturated carbocycles. The Labute approximate surface area is 177 Å². The summed E-state index contributed by atoms with van der Waals surface area (Å²) in [6.07, 6.45) is 4.04. The van der Waals surface area contributed by atoms with Crippen LogP contribution in [-0.2, 0) is 16.0 Å². The second-order valence-electron chi connectivity index (χ2n) is 7.23. The maximum atomic E-state index is 12.2. The van der Waals surface area contributed by atoms with Crippen molar-refractivity contribution in [2.24, 2.45) is 5.73 Å². The lowest BCUT2D eigenvalue weighted by Crippen LogP contribution is -2.21. The number of nitrogens with two attached hydrogens (primary N) is 1. The molecular weight excluding hydrogens is 380 g/mol. The van der Waals surface area contributed by atoms with E-state index >= 15 is 0 Å². The molecule has 2 rings (SSSR count). The van der Waals surface area contributed by atoms with Crippen molar-refractivity contribution in [1.29, 1.82) is 5.41 Å². The summed E-state index contributed by atoms with van der Waals surface area (Å²) in [6, 6.07) is 11.1. The summed E-state index contributed by atoms with van der Waals surface area (Å²) < 4.78 is 0. The van der Waals surface area contributed by atoms with E-state index in [0.717, 1.165) is 24.8 Å². The fraction of sp³-hybridized carbons (Fsp3) is 0.348. The standard InChI is InChI=1S/C23H30N4O3/c1-3-5-6-7-20(28)26-19-13-15(4-2)12-17(14-19)21(23(29)30)27-18-10-8-16(9-11-18)22(24)25/h8-14,21,27H,3-7H2,1-2H3,(H3,24,25)(H,26,28)(H,29,30). The summed E-state index contributed by atoms with van der Waals surface area (Å²) in [6.45, 7) is 4.07. The van der Waals surface area contributed by atoms with Crippen molar-refractivity contribution in [3.8, 4) is 0 Å². The molecule has 0 saturated heterocycles. The molecule has 7 nitrogen and oxygen atoms in total. The van der Waals surface area contributed by atoms with Gasteiger partial charge in [0.25, 0.3) is 0 Å². The smallest absolute Gasteiger partial charge is 0.330 e. The highest BCUT2D eigenvalue weighted by molar-refractivity contribution is 5.95. The number of aliphatic carboxylic acids is 1. The van der Waals surface area contributed by atoms with Crippen LogP contribution in [-0.4, -0.2) is 22.8 Å². The molecule has 160 valence electrons. The molecule has 0 aliphatic carbocycles. The first-order valence-corrected chi connectivity index (χ1v) is 10.2. The van der Waals surface area contributed by atoms with Crippen molar-refractivity contribution < 1.29 is 14.7 Å². The molecule has 1 amide bonds. The van der Waals surface area contributed by atoms with Gasteiger partial charge in [0, 0.05) is 23.4 Å². The molecule has 0 aliphatic heterocycles. The number of amidine groups is 1. The highest BCUT2D eigenvalue weighted by Crippen LogP contribution is 2.25. The largest absolute Gasteiger partial charge is 0.479 e. The van der Waals surface area contributed by atoms with Crippen LogP contribution >= 0.6 is 0 Å². The number of carboxylic acid groups (broad SMARTS) is 1. The number of nitrogens with one attached hydrogen (secondary N) is 3. The third-order valence-corrected chi connectivity index (χ3v) is 4.80. The average Bonchev–Trinajstić information content (AvgIpc) is 2.72. The summed E-state index contributed by atoms with van der Waals surface area (Å²) in [5, 5.41) is 23.2. The molecule has 2 aromatic rings. The molecule has 2 aromatic carbocycles. The van der Waals surface area contributed by atoms with Crippen LogP contribution in [0.5, 0.6) is 0 Å². The molecule has 6 N–H and O–H groups in total. The van der Waals surface area contributed by atoms with Gasteiger partial charge in [-0.25, -0.2) is 4.79 Å². The normalized spacial score (nSPS) is 11.5. The molecule has 0 spiro atoms. The van der Waals surface area contributed by atoms with Crippen molar-refractivity contribution in [3.05, 3.63) is 59.2 Å². The maximum Gasteiger partial charge on any atom is 0.330 e. The van der Waals surface area contributed by atoms with Crippen molar-refractivity contribution >= 4 is 29.1 Å². The number of aryl methyl sites for hydroxylation is 1. The first-order chi connectivity index (χ1) is 14.3. The monoisotopic (exact) mass is 410 g/mol. The minimum absolute atomic E-state index is 0.0497. The van der Waals surface area contributed by atoms with Crippen LogP contribution in [0.4, 0.5) is 11.4 Å². The van der Waals surface area contributed by atoms with Gasteiger partial charge in [-0.15, -0.1) is 0 Å². The lowest BCUT2D eigenvalue weighted by molar-refractivity contribution is -0.138. The van der Waals surface area contributed by atoms with Gasteiger partial charge in [0.05, 0.1) is 0 Å². The Hall–Kier alpha value is -3.35. The number of hydrogen-bond donors (Lipinski definition) is 5. The second-order valence-corrected chi connectivity index (χ2v) is 7.23. The van der Waals surface area contributed by atoms with Gasteiger partial charge in [-0.2, -0.15) is 0 Å². The SMILES string of the molecule is CCCCCC(=O)Nc1cc(CC)cc(C(Nc2ccc(C(=N)N)cc2)C(=O)O)c1. The van der Waals surface area contributed by atoms with Crippen LogP contribution in [0.3, 0.4) is 0 Å². The van der Waals surface area contributed by atoms with E-state index in [2.05, 4.69) is 17.6 Å². The molecule has 0 aliphatic rings. The summed E-state index contributed by atoms with van der Waals surface area (Å²) >= 11 is 0. The van der Waals surface area contributed by atoms with Crippen LogP contribution in [0.1, 0.15) is 62.3 Å². The van der Waals surface area contributed by atoms with Gasteiger partial charge in [-0.05, 0) is 60.4 Å². The van der Waals surface area contributed by atoms with Gasteiger partial charge in [0.1, 0.15) is 5.84 Å². The molecule has 1 atom stereocenters. The maximum absolute atomic E-state index is 12.2. The number of amides is 1. The van der Waals surface area contributed by atoms with Gasteiger partial charge in [0.15, 0.2) is 6.04 Å². The topological polar surface area (TPSA) is 128 Å². The van der Waals surface area contributed by atoms with Crippen LogP contribution in [0.2, 0.25) is 0 Å². The lowest BCUT2D eigenvalue weighted by atomic mass is 10.0. The van der Waals surface area contributed by atoms with Crippen LogP contribution in [0, 0.1) is 5.41 Å². The average molecular weight is 411 g/mol. The van der Waals surface area contributed by atoms with E-state index in [1.807, 2.05) is 19.1 Å². The molecule has 0 heterocycles. The molecule has 0 bridgehead atoms. The second kappa shape index (κ2) is 11.0. The van der Waals surface area contributed by atoms with Gasteiger partial charge in [-0.3, -0.25) is 10.2 Å². The zero-order chi connectivity index (χ0) is 22.1. The molecule has 0 aromatic heterocycles. The van der Waals surface area contributed by atoms with Gasteiger partial charge < -0.3 is 21.5 Å². The molecule has 30 heavy (non-hydrogen) atoms. The Morgan fingerprint density at radius 1 is 1.07 bits per heavy atom. The Kier molecular flexibility index (Phi) is 8.41. The Morgan fingerprint density at radius 3 is 2.33 bits per heavy atom. The van der Waals surface area contributed by atoms with E-state index in [-0.39, 0.29) is 11.7 Å². The fourth-order valence-corrected chi connectivity index (χ4v) is 3.12. The van der Waals surface area contributed by atoms with Gasteiger partial charge in [-0.1, -0.05) is 32.8 Å². The van der Waals surface area contributed by atoms with Gasteiger partial charge >= 0.3 is 5.97 Å². The number of rotatable bonds is 11. The van der Waals surface area contributed by atoms with E-state index in [4.69, 9.17) is 11.1 Å². The number of nitrogen functional groups attached to an aromatic ring is 1. The summed E-state index contributed by atoms with van der Waals surface area (Å²) in [7, 11) is 0. The van der Waals surface area contributed by atoms with E-state index in [0.29, 0.717) is 35.3 Å². The number of unbranched alkanes of at least 4 members (excludes halogenated alkanes) is 2. The molecular formula is C23H30N4O3. The van der Waals surface area contributed by atoms with E-state index in [1.165, 1.54) is 0 Å². The van der Waals surface area contributed by atoms with Crippen LogP contribution in [0.15, 0.2) is 42.5 Å². The number of carbonyl (C=O) groups is 2. The quantitative estimate of drug-likeness (QED) is 0.214. The lowest BCUT2D eigenvalue weighted by Gasteiger charge is -2.19. The van der Waals surface area contributed by atoms with Crippen molar-refractivity contribution in [3.63, 3.8) is 0 Å². The number of anilines is 2. The number of benzene rings is 2. The zero-order valence-electron chi connectivity index (χ0n) is 17.5. The van der Waals surface area contributed by atoms with E-state index < -0.39 is 12.0 Å². The highest BCUT2D eigenvalue weighted by Gasteiger charge is 2.21. The van der Waals surface area contributed by atoms with Crippen LogP contribution < -0.4 is 16.4 Å². The third-order valence-electron chi connectivity index (χ3n) is 4.80. The predicted octanol–water partition coefficient (Wildman–Crippen LogP) is 4.29. The first kappa shape index (κ1) is 22.9. The molecule has 0 fully saturated rings. The number of carboxylic acids is 1. The minimum Gasteiger partial charge on any atom is -0.479 e. The predicted molar refractivity (Wildman–Crippen MR) is 120 cm³/mol.